The molecule has 1 saturated heterocycles. The molecule has 50 valence electrons. The van der Waals surface area contributed by atoms with Crippen molar-refractivity contribution < 1.29 is 9.59 Å². The molecule has 1 amide bonds. The molecule has 0 radical (unpaired) electrons. The molecule has 1 N–H and O–H groups in total. The Morgan fingerprint density at radius 1 is 1.78 bits per heavy atom. The first-order valence-corrected chi connectivity index (χ1v) is 3.48. The minimum absolute atomic E-state index is 0.0344. The molecule has 0 aromatic rings. The SMILES string of the molecule is O=C1CC[C@@H](C(=O)Br)N1. The molecule has 1 aliphatic rings. The number of amides is 1. The molecule has 0 aliphatic carbocycles. The summed E-state index contributed by atoms with van der Waals surface area (Å²) in [6.45, 7) is 0. The Morgan fingerprint density at radius 2 is 2.44 bits per heavy atom. The highest BCUT2D eigenvalue weighted by Gasteiger charge is 2.24. The predicted molar refractivity (Wildman–Crippen MR) is 35.1 cm³/mol. The zero-order valence-electron chi connectivity index (χ0n) is 4.69. The lowest BCUT2D eigenvalue weighted by Gasteiger charge is -2.00. The molecule has 0 aromatic carbocycles. The summed E-state index contributed by atoms with van der Waals surface area (Å²) in [5.41, 5.74) is 0. The fourth-order valence-electron chi connectivity index (χ4n) is 0.784. The van der Waals surface area contributed by atoms with Gasteiger partial charge in [-0.05, 0) is 22.4 Å². The van der Waals surface area contributed by atoms with Gasteiger partial charge in [-0.1, -0.05) is 0 Å². The van der Waals surface area contributed by atoms with Crippen LogP contribution in [0, 0.1) is 0 Å². The van der Waals surface area contributed by atoms with Crippen LogP contribution >= 0.6 is 15.9 Å². The Hall–Kier alpha value is -0.380. The van der Waals surface area contributed by atoms with Gasteiger partial charge in [0.15, 0.2) is 0 Å². The van der Waals surface area contributed by atoms with Crippen LogP contribution in [0.15, 0.2) is 0 Å². The van der Waals surface area contributed by atoms with Crippen molar-refractivity contribution in [2.75, 3.05) is 0 Å². The van der Waals surface area contributed by atoms with Crippen LogP contribution in [0.3, 0.4) is 0 Å². The molecule has 1 atom stereocenters. The van der Waals surface area contributed by atoms with E-state index in [1.165, 1.54) is 0 Å². The van der Waals surface area contributed by atoms with Crippen LogP contribution < -0.4 is 5.32 Å². The minimum Gasteiger partial charge on any atom is -0.345 e. The number of halogens is 1. The third-order valence-electron chi connectivity index (χ3n) is 1.27. The average Bonchev–Trinajstić information content (AvgIpc) is 2.14. The van der Waals surface area contributed by atoms with Crippen LogP contribution in [0.2, 0.25) is 0 Å². The normalized spacial score (nSPS) is 25.9. The molecular weight excluding hydrogens is 186 g/mol. The van der Waals surface area contributed by atoms with Gasteiger partial charge < -0.3 is 5.32 Å². The van der Waals surface area contributed by atoms with Crippen LogP contribution in [0.4, 0.5) is 0 Å². The Balaban J connectivity index is 2.48. The summed E-state index contributed by atoms with van der Waals surface area (Å²) in [6, 6.07) is -0.280. The lowest BCUT2D eigenvalue weighted by atomic mass is 10.2. The quantitative estimate of drug-likeness (QED) is 0.602. The van der Waals surface area contributed by atoms with E-state index in [-0.39, 0.29) is 16.6 Å². The minimum atomic E-state index is -0.280. The molecule has 3 nitrogen and oxygen atoms in total. The second kappa shape index (κ2) is 2.47. The first-order valence-electron chi connectivity index (χ1n) is 2.69. The topological polar surface area (TPSA) is 46.2 Å². The van der Waals surface area contributed by atoms with Gasteiger partial charge in [0.05, 0.1) is 6.04 Å². The summed E-state index contributed by atoms with van der Waals surface area (Å²) in [7, 11) is 0. The van der Waals surface area contributed by atoms with Gasteiger partial charge in [0.1, 0.15) is 0 Å². The van der Waals surface area contributed by atoms with Crippen molar-refractivity contribution in [2.45, 2.75) is 18.9 Å². The molecule has 0 aromatic heterocycles. The largest absolute Gasteiger partial charge is 0.345 e. The maximum Gasteiger partial charge on any atom is 0.220 e. The summed E-state index contributed by atoms with van der Waals surface area (Å²) in [6.07, 6.45) is 1.10. The Labute approximate surface area is 60.9 Å². The Morgan fingerprint density at radius 3 is 2.67 bits per heavy atom. The number of rotatable bonds is 1. The molecule has 0 spiro atoms. The van der Waals surface area contributed by atoms with E-state index in [0.717, 1.165) is 0 Å². The average molecular weight is 192 g/mol. The number of hydrogen-bond donors (Lipinski definition) is 1. The van der Waals surface area contributed by atoms with E-state index < -0.39 is 0 Å². The molecule has 1 fully saturated rings. The van der Waals surface area contributed by atoms with Gasteiger partial charge in [0.2, 0.25) is 10.6 Å². The van der Waals surface area contributed by atoms with Crippen molar-refractivity contribution >= 4 is 26.5 Å². The summed E-state index contributed by atoms with van der Waals surface area (Å²) in [5.74, 6) is -0.0344. The van der Waals surface area contributed by atoms with Crippen molar-refractivity contribution in [1.29, 1.82) is 0 Å². The zero-order valence-corrected chi connectivity index (χ0v) is 6.27. The molecule has 0 saturated carbocycles. The van der Waals surface area contributed by atoms with Gasteiger partial charge in [-0.25, -0.2) is 0 Å². The van der Waals surface area contributed by atoms with E-state index in [1.54, 1.807) is 0 Å². The van der Waals surface area contributed by atoms with E-state index in [9.17, 15) is 9.59 Å². The van der Waals surface area contributed by atoms with Crippen molar-refractivity contribution in [3.8, 4) is 0 Å². The van der Waals surface area contributed by atoms with Crippen molar-refractivity contribution in [3.63, 3.8) is 0 Å². The highest BCUT2D eigenvalue weighted by Crippen LogP contribution is 2.09. The second-order valence-electron chi connectivity index (χ2n) is 1.96. The molecule has 1 rings (SSSR count). The molecule has 4 heteroatoms. The Kier molecular flexibility index (Phi) is 1.85. The first-order chi connectivity index (χ1) is 4.20. The van der Waals surface area contributed by atoms with Gasteiger partial charge in [-0.2, -0.15) is 0 Å². The highest BCUT2D eigenvalue weighted by atomic mass is 79.9. The maximum atomic E-state index is 10.5. The van der Waals surface area contributed by atoms with E-state index in [1.807, 2.05) is 0 Å². The van der Waals surface area contributed by atoms with Gasteiger partial charge in [-0.15, -0.1) is 0 Å². The van der Waals surface area contributed by atoms with Crippen molar-refractivity contribution in [1.82, 2.24) is 5.32 Å². The van der Waals surface area contributed by atoms with E-state index >= 15 is 0 Å². The standard InChI is InChI=1S/C5H6BrNO2/c6-5(9)3-1-2-4(8)7-3/h3H,1-2H2,(H,7,8)/t3-/m0/s1. The van der Waals surface area contributed by atoms with Crippen LogP contribution in [0.5, 0.6) is 0 Å². The molecule has 9 heavy (non-hydrogen) atoms. The van der Waals surface area contributed by atoms with Crippen molar-refractivity contribution in [2.24, 2.45) is 0 Å². The Bertz CT molecular complexity index is 157. The fourth-order valence-corrected chi connectivity index (χ4v) is 1.13. The van der Waals surface area contributed by atoms with Gasteiger partial charge >= 0.3 is 0 Å². The summed E-state index contributed by atoms with van der Waals surface area (Å²) < 4.78 is -0.131. The van der Waals surface area contributed by atoms with Crippen LogP contribution in [-0.4, -0.2) is 16.6 Å². The number of hydrogen-bond acceptors (Lipinski definition) is 2. The third kappa shape index (κ3) is 1.51. The second-order valence-corrected chi connectivity index (χ2v) is 2.74. The summed E-state index contributed by atoms with van der Waals surface area (Å²) in [5, 5.41) is 2.52. The monoisotopic (exact) mass is 191 g/mol. The first kappa shape index (κ1) is 6.74. The molecule has 1 heterocycles. The number of carbonyl (C=O) groups excluding carboxylic acids is 2. The lowest BCUT2D eigenvalue weighted by molar-refractivity contribution is -0.121. The van der Waals surface area contributed by atoms with Crippen LogP contribution in [-0.2, 0) is 9.59 Å². The summed E-state index contributed by atoms with van der Waals surface area (Å²) >= 11 is 2.78. The molecular formula is C5H6BrNO2. The van der Waals surface area contributed by atoms with Crippen LogP contribution in [0.25, 0.3) is 0 Å². The van der Waals surface area contributed by atoms with Gasteiger partial charge in [0.25, 0.3) is 0 Å². The molecule has 0 bridgehead atoms. The maximum absolute atomic E-state index is 10.5. The number of nitrogens with one attached hydrogen (secondary N) is 1. The molecule has 1 aliphatic heterocycles. The highest BCUT2D eigenvalue weighted by molar-refractivity contribution is 9.18. The third-order valence-corrected chi connectivity index (χ3v) is 1.82. The van der Waals surface area contributed by atoms with E-state index in [0.29, 0.717) is 12.8 Å². The fraction of sp³-hybridized carbons (Fsp3) is 0.600. The zero-order chi connectivity index (χ0) is 6.85. The lowest BCUT2D eigenvalue weighted by Crippen LogP contribution is -2.29. The smallest absolute Gasteiger partial charge is 0.220 e. The summed E-state index contributed by atoms with van der Waals surface area (Å²) in [4.78, 5) is 21.0. The van der Waals surface area contributed by atoms with Gasteiger partial charge in [-0.3, -0.25) is 9.59 Å². The number of carbonyl (C=O) groups is 2. The predicted octanol–water partition coefficient (Wildman–Crippen LogP) is 0.187. The van der Waals surface area contributed by atoms with Crippen LogP contribution in [0.1, 0.15) is 12.8 Å². The van der Waals surface area contributed by atoms with E-state index in [4.69, 9.17) is 0 Å². The van der Waals surface area contributed by atoms with Gasteiger partial charge in [0, 0.05) is 6.42 Å². The van der Waals surface area contributed by atoms with Crippen molar-refractivity contribution in [3.05, 3.63) is 0 Å². The molecule has 0 unspecified atom stereocenters. The van der Waals surface area contributed by atoms with E-state index in [2.05, 4.69) is 21.2 Å².